The summed E-state index contributed by atoms with van der Waals surface area (Å²) in [4.78, 5) is 12.3. The van der Waals surface area contributed by atoms with E-state index in [1.807, 2.05) is 48.1 Å². The zero-order chi connectivity index (χ0) is 16.9. The molecular weight excluding hydrogens is 326 g/mol. The van der Waals surface area contributed by atoms with Gasteiger partial charge in [-0.15, -0.1) is 0 Å². The number of carbonyl (C=O) groups excluding carboxylic acids is 1. The number of carbonyl (C=O) groups is 1. The highest BCUT2D eigenvalue weighted by Crippen LogP contribution is 2.14. The van der Waals surface area contributed by atoms with Crippen molar-refractivity contribution < 1.29 is 4.79 Å². The van der Waals surface area contributed by atoms with Gasteiger partial charge in [-0.2, -0.15) is 10.2 Å². The van der Waals surface area contributed by atoms with Crippen LogP contribution in [-0.2, 0) is 17.9 Å². The van der Waals surface area contributed by atoms with Gasteiger partial charge in [-0.3, -0.25) is 14.2 Å². The predicted octanol–water partition coefficient (Wildman–Crippen LogP) is 3.06. The van der Waals surface area contributed by atoms with Gasteiger partial charge in [0, 0.05) is 24.3 Å². The third-order valence-electron chi connectivity index (χ3n) is 3.61. The molecule has 0 saturated carbocycles. The molecule has 24 heavy (non-hydrogen) atoms. The minimum Gasteiger partial charge on any atom is -0.326 e. The molecule has 124 valence electrons. The number of hydrogen-bond donors (Lipinski definition) is 1. The Hall–Kier alpha value is -2.60. The Morgan fingerprint density at radius 1 is 1.29 bits per heavy atom. The lowest BCUT2D eigenvalue weighted by atomic mass is 10.1. The van der Waals surface area contributed by atoms with Crippen LogP contribution in [0.1, 0.15) is 12.5 Å². The van der Waals surface area contributed by atoms with Crippen LogP contribution in [0, 0.1) is 5.92 Å². The van der Waals surface area contributed by atoms with Crippen LogP contribution in [0.5, 0.6) is 0 Å². The summed E-state index contributed by atoms with van der Waals surface area (Å²) in [5, 5.41) is 11.8. The Morgan fingerprint density at radius 2 is 2.17 bits per heavy atom. The van der Waals surface area contributed by atoms with Crippen LogP contribution in [0.2, 0.25) is 5.02 Å². The summed E-state index contributed by atoms with van der Waals surface area (Å²) in [5.74, 6) is -0.284. The summed E-state index contributed by atoms with van der Waals surface area (Å²) >= 11 is 5.84. The molecule has 0 saturated heterocycles. The van der Waals surface area contributed by atoms with E-state index in [9.17, 15) is 4.79 Å². The van der Waals surface area contributed by atoms with E-state index in [2.05, 4.69) is 15.5 Å². The van der Waals surface area contributed by atoms with Crippen molar-refractivity contribution in [2.45, 2.75) is 20.0 Å². The summed E-state index contributed by atoms with van der Waals surface area (Å²) in [6.45, 7) is 3.00. The van der Waals surface area contributed by atoms with E-state index in [1.165, 1.54) is 0 Å². The number of benzene rings is 1. The molecule has 1 N–H and O–H groups in total. The molecule has 3 aromatic rings. The second kappa shape index (κ2) is 7.31. The van der Waals surface area contributed by atoms with Gasteiger partial charge in [0.1, 0.15) is 0 Å². The van der Waals surface area contributed by atoms with E-state index >= 15 is 0 Å². The Bertz CT molecular complexity index is 812. The quantitative estimate of drug-likeness (QED) is 0.748. The van der Waals surface area contributed by atoms with Gasteiger partial charge in [-0.1, -0.05) is 30.7 Å². The average Bonchev–Trinajstić information content (AvgIpc) is 3.19. The molecule has 0 aliphatic rings. The number of anilines is 1. The molecule has 1 atom stereocenters. The summed E-state index contributed by atoms with van der Waals surface area (Å²) in [5.41, 5.74) is 1.85. The van der Waals surface area contributed by atoms with Crippen molar-refractivity contribution in [2.75, 3.05) is 5.32 Å². The summed E-state index contributed by atoms with van der Waals surface area (Å²) in [6.07, 6.45) is 6.92. The molecule has 7 heteroatoms. The second-order valence-electron chi connectivity index (χ2n) is 5.67. The minimum absolute atomic E-state index is 0.0575. The summed E-state index contributed by atoms with van der Waals surface area (Å²) < 4.78 is 3.51. The molecule has 6 nitrogen and oxygen atoms in total. The fourth-order valence-electron chi connectivity index (χ4n) is 2.40. The lowest BCUT2D eigenvalue weighted by Crippen LogP contribution is -2.24. The molecule has 0 radical (unpaired) electrons. The molecule has 0 fully saturated rings. The Kier molecular flexibility index (Phi) is 4.96. The number of amides is 1. The average molecular weight is 344 g/mol. The van der Waals surface area contributed by atoms with Crippen LogP contribution in [0.3, 0.4) is 0 Å². The summed E-state index contributed by atoms with van der Waals surface area (Å²) in [6, 6.07) is 9.65. The van der Waals surface area contributed by atoms with Crippen molar-refractivity contribution in [3.63, 3.8) is 0 Å². The van der Waals surface area contributed by atoms with Crippen LogP contribution in [0.25, 0.3) is 0 Å². The Morgan fingerprint density at radius 3 is 2.88 bits per heavy atom. The standard InChI is InChI=1S/C17H18ClN5O/c1-13(10-23-12-15(18)9-20-23)17(24)21-16-5-2-4-14(8-16)11-22-7-3-6-19-22/h2-9,12-13H,10-11H2,1H3,(H,21,24). The molecule has 1 unspecified atom stereocenters. The molecule has 2 heterocycles. The zero-order valence-electron chi connectivity index (χ0n) is 13.3. The number of halogens is 1. The first-order valence-corrected chi connectivity index (χ1v) is 8.03. The van der Waals surface area contributed by atoms with Crippen LogP contribution in [0.4, 0.5) is 5.69 Å². The normalized spacial score (nSPS) is 12.1. The van der Waals surface area contributed by atoms with E-state index in [1.54, 1.807) is 23.3 Å². The van der Waals surface area contributed by atoms with Crippen LogP contribution < -0.4 is 5.32 Å². The second-order valence-corrected chi connectivity index (χ2v) is 6.11. The molecule has 0 aliphatic carbocycles. The van der Waals surface area contributed by atoms with E-state index in [-0.39, 0.29) is 11.8 Å². The van der Waals surface area contributed by atoms with Gasteiger partial charge in [0.2, 0.25) is 5.91 Å². The smallest absolute Gasteiger partial charge is 0.229 e. The van der Waals surface area contributed by atoms with Crippen LogP contribution in [-0.4, -0.2) is 25.5 Å². The first-order valence-electron chi connectivity index (χ1n) is 7.65. The number of nitrogens with zero attached hydrogens (tertiary/aromatic N) is 4. The molecular formula is C17H18ClN5O. The molecule has 1 amide bonds. The number of hydrogen-bond acceptors (Lipinski definition) is 3. The van der Waals surface area contributed by atoms with Crippen LogP contribution in [0.15, 0.2) is 55.1 Å². The highest BCUT2D eigenvalue weighted by atomic mass is 35.5. The first-order chi connectivity index (χ1) is 11.6. The van der Waals surface area contributed by atoms with Crippen molar-refractivity contribution >= 4 is 23.2 Å². The van der Waals surface area contributed by atoms with E-state index < -0.39 is 0 Å². The molecule has 0 spiro atoms. The predicted molar refractivity (Wildman–Crippen MR) is 92.8 cm³/mol. The molecule has 3 rings (SSSR count). The van der Waals surface area contributed by atoms with Crippen molar-refractivity contribution in [3.8, 4) is 0 Å². The fourth-order valence-corrected chi connectivity index (χ4v) is 2.55. The van der Waals surface area contributed by atoms with Gasteiger partial charge in [0.15, 0.2) is 0 Å². The van der Waals surface area contributed by atoms with Crippen molar-refractivity contribution in [3.05, 3.63) is 65.7 Å². The number of rotatable bonds is 6. The summed E-state index contributed by atoms with van der Waals surface area (Å²) in [7, 11) is 0. The van der Waals surface area contributed by atoms with Gasteiger partial charge < -0.3 is 5.32 Å². The van der Waals surface area contributed by atoms with Gasteiger partial charge in [-0.25, -0.2) is 0 Å². The zero-order valence-corrected chi connectivity index (χ0v) is 14.0. The van der Waals surface area contributed by atoms with Crippen LogP contribution >= 0.6 is 11.6 Å². The lowest BCUT2D eigenvalue weighted by Gasteiger charge is -2.13. The van der Waals surface area contributed by atoms with Gasteiger partial charge in [0.05, 0.1) is 30.2 Å². The maximum absolute atomic E-state index is 12.3. The third kappa shape index (κ3) is 4.23. The van der Waals surface area contributed by atoms with Crippen molar-refractivity contribution in [1.29, 1.82) is 0 Å². The molecule has 0 aliphatic heterocycles. The van der Waals surface area contributed by atoms with E-state index in [0.29, 0.717) is 18.1 Å². The largest absolute Gasteiger partial charge is 0.326 e. The van der Waals surface area contributed by atoms with Gasteiger partial charge in [-0.05, 0) is 23.8 Å². The maximum atomic E-state index is 12.3. The SMILES string of the molecule is CC(Cn1cc(Cl)cn1)C(=O)Nc1cccc(Cn2cccn2)c1. The third-order valence-corrected chi connectivity index (χ3v) is 3.80. The molecule has 2 aromatic heterocycles. The Labute approximate surface area is 145 Å². The highest BCUT2D eigenvalue weighted by molar-refractivity contribution is 6.30. The van der Waals surface area contributed by atoms with E-state index in [4.69, 9.17) is 11.6 Å². The first kappa shape index (κ1) is 16.3. The lowest BCUT2D eigenvalue weighted by molar-refractivity contribution is -0.119. The molecule has 1 aromatic carbocycles. The highest BCUT2D eigenvalue weighted by Gasteiger charge is 2.14. The monoisotopic (exact) mass is 343 g/mol. The fraction of sp³-hybridized carbons (Fsp3) is 0.235. The van der Waals surface area contributed by atoms with Gasteiger partial charge >= 0.3 is 0 Å². The number of aromatic nitrogens is 4. The maximum Gasteiger partial charge on any atom is 0.229 e. The van der Waals surface area contributed by atoms with E-state index in [0.717, 1.165) is 11.3 Å². The minimum atomic E-state index is -0.226. The van der Waals surface area contributed by atoms with Crippen molar-refractivity contribution in [2.24, 2.45) is 5.92 Å². The molecule has 0 bridgehead atoms. The number of nitrogens with one attached hydrogen (secondary N) is 1. The Balaban J connectivity index is 1.61. The topological polar surface area (TPSA) is 64.7 Å². The van der Waals surface area contributed by atoms with Gasteiger partial charge in [0.25, 0.3) is 0 Å². The van der Waals surface area contributed by atoms with Crippen molar-refractivity contribution in [1.82, 2.24) is 19.6 Å².